The van der Waals surface area contributed by atoms with Gasteiger partial charge in [-0.25, -0.2) is 29.9 Å². The van der Waals surface area contributed by atoms with Crippen LogP contribution in [0.2, 0.25) is 0 Å². The van der Waals surface area contributed by atoms with E-state index in [0.717, 1.165) is 10.8 Å². The summed E-state index contributed by atoms with van der Waals surface area (Å²) in [5.74, 6) is 3.76. The van der Waals surface area contributed by atoms with E-state index in [-0.39, 0.29) is 26.4 Å². The Morgan fingerprint density at radius 1 is 0.175 bits per heavy atom. The first-order valence-electron chi connectivity index (χ1n) is 40.9. The highest BCUT2D eigenvalue weighted by Crippen LogP contribution is 2.40. The molecule has 0 fully saturated rings. The summed E-state index contributed by atoms with van der Waals surface area (Å²) < 4.78 is 158. The number of methoxy groups -OCH3 is 4. The van der Waals surface area contributed by atoms with Gasteiger partial charge in [0.1, 0.15) is 72.0 Å². The maximum Gasteiger partial charge on any atom is 0.164 e. The lowest BCUT2D eigenvalue weighted by Crippen LogP contribution is -2.14. The van der Waals surface area contributed by atoms with Gasteiger partial charge in [-0.3, -0.25) is 0 Å². The van der Waals surface area contributed by atoms with Crippen molar-refractivity contribution in [1.29, 1.82) is 0 Å². The zero-order valence-electron chi connectivity index (χ0n) is 70.0. The predicted octanol–water partition coefficient (Wildman–Crippen LogP) is 7.30. The van der Waals surface area contributed by atoms with Crippen molar-refractivity contribution >= 4 is 44.1 Å². The Morgan fingerprint density at radius 3 is 0.567 bits per heavy atom. The summed E-state index contributed by atoms with van der Waals surface area (Å²) in [4.78, 5) is 38.8. The molecule has 2 aliphatic rings. The SMILES string of the molecule is COCCOCCOCCOCCOCCOCCOc1ccc2c(c1)-c1nc-2nc2[nH]c(nc3nc(nc4[nH]c(n1)c1ccc(OCCOCCOCCOCCOCCOCCOC)cc41)-c1ccc(OCCOCCOCCOCCOCCOCCOC)cc1-3)c1ccc(OCCOCCOCCOCCOCCOCCOC)cc21. The van der Waals surface area contributed by atoms with E-state index in [2.05, 4.69) is 9.97 Å². The molecule has 7 aromatic rings. The van der Waals surface area contributed by atoms with Gasteiger partial charge in [0.15, 0.2) is 23.3 Å². The summed E-state index contributed by atoms with van der Waals surface area (Å²) in [5, 5.41) is 2.85. The van der Waals surface area contributed by atoms with Crippen molar-refractivity contribution in [3.05, 3.63) is 72.8 Å². The maximum absolute atomic E-state index is 6.34. The van der Waals surface area contributed by atoms with Gasteiger partial charge < -0.3 is 143 Å². The van der Waals surface area contributed by atoms with Crippen LogP contribution in [-0.4, -0.2) is 385 Å². The van der Waals surface area contributed by atoms with Crippen LogP contribution >= 0.6 is 0 Å². The molecule has 0 aliphatic carbocycles. The molecule has 5 heterocycles. The highest BCUT2D eigenvalue weighted by Gasteiger charge is 2.25. The Morgan fingerprint density at radius 2 is 0.350 bits per heavy atom. The zero-order valence-corrected chi connectivity index (χ0v) is 70.0. The molecule has 666 valence electrons. The van der Waals surface area contributed by atoms with Gasteiger partial charge in [-0.05, 0) is 72.8 Å². The second kappa shape index (κ2) is 61.7. The molecule has 36 nitrogen and oxygen atoms in total. The Bertz CT molecular complexity index is 3800. The van der Waals surface area contributed by atoms with Crippen LogP contribution in [0.3, 0.4) is 0 Å². The molecule has 0 spiro atoms. The van der Waals surface area contributed by atoms with Gasteiger partial charge in [0.2, 0.25) is 0 Å². The van der Waals surface area contributed by atoms with Gasteiger partial charge >= 0.3 is 0 Å². The Hall–Kier alpha value is -7.52. The van der Waals surface area contributed by atoms with Crippen LogP contribution in [0.4, 0.5) is 0 Å². The second-order valence-electron chi connectivity index (χ2n) is 26.1. The molecule has 8 bridgehead atoms. The van der Waals surface area contributed by atoms with Crippen LogP contribution in [-0.2, 0) is 114 Å². The molecule has 120 heavy (non-hydrogen) atoms. The van der Waals surface area contributed by atoms with Crippen LogP contribution in [0.1, 0.15) is 0 Å². The standard InChI is InChI=1S/C84H122N8O28/c1-93-13-17-97-21-25-101-29-33-105-37-41-109-45-49-113-53-57-117-65-5-9-69-73(61-65)81-85-77(69)90-82-75-63-67(119-59-55-115-51-47-111-43-39-107-35-31-103-27-23-99-19-15-95-3)7-11-71(75)79(87-82)92-84-76-64-68(120-60-56-116-52-48-112-44-40-108-36-32-104-28-24-100-20-16-96-4)8-12-72(76)80(88-84)91-83-74-62-66(6-10-70(74)78(86-83)89-81)118-58-54-114-50-46-110-42-38-106-34-30-102-26-22-98-18-14-94-2/h5-12,61-64H,13-60H2,1-4H3,(H2,85,86,87,88,89,90,91,92). The average Bonchev–Trinajstić information content (AvgIpc) is 1.60. The van der Waals surface area contributed by atoms with Gasteiger partial charge in [-0.15, -0.1) is 0 Å². The minimum absolute atomic E-state index is 0.256. The first-order valence-corrected chi connectivity index (χ1v) is 40.9. The fourth-order valence-electron chi connectivity index (χ4n) is 11.4. The number of ether oxygens (including phenoxy) is 28. The smallest absolute Gasteiger partial charge is 0.164 e. The largest absolute Gasteiger partial charge is 0.491 e. The van der Waals surface area contributed by atoms with Crippen molar-refractivity contribution in [2.45, 2.75) is 0 Å². The molecular weight excluding hydrogens is 1570 g/mol. The highest BCUT2D eigenvalue weighted by molar-refractivity contribution is 6.07. The Labute approximate surface area is 700 Å². The minimum Gasteiger partial charge on any atom is -0.491 e. The third-order valence-electron chi connectivity index (χ3n) is 17.4. The fraction of sp³-hybridized carbons (Fsp3) is 0.619. The van der Waals surface area contributed by atoms with E-state index in [0.29, 0.717) is 393 Å². The summed E-state index contributed by atoms with van der Waals surface area (Å²) >= 11 is 0. The summed E-state index contributed by atoms with van der Waals surface area (Å²) in [7, 11) is 6.56. The third-order valence-corrected chi connectivity index (χ3v) is 17.4. The molecule has 9 rings (SSSR count). The minimum atomic E-state index is 0.256. The molecule has 3 aromatic heterocycles. The average molecular weight is 1690 g/mol. The molecule has 0 atom stereocenters. The van der Waals surface area contributed by atoms with E-state index in [4.69, 9.17) is 163 Å². The second-order valence-corrected chi connectivity index (χ2v) is 26.1. The van der Waals surface area contributed by atoms with Crippen molar-refractivity contribution in [2.75, 3.05) is 346 Å². The van der Waals surface area contributed by atoms with Gasteiger partial charge in [0.25, 0.3) is 0 Å². The normalized spacial score (nSPS) is 11.9. The van der Waals surface area contributed by atoms with Crippen LogP contribution in [0.5, 0.6) is 23.0 Å². The van der Waals surface area contributed by atoms with Crippen molar-refractivity contribution in [3.8, 4) is 68.5 Å². The molecule has 0 saturated heterocycles. The number of H-pyrrole nitrogens is 2. The van der Waals surface area contributed by atoms with E-state index >= 15 is 0 Å². The van der Waals surface area contributed by atoms with Crippen LogP contribution < -0.4 is 18.9 Å². The number of fused-ring (bicyclic) bond motifs is 20. The van der Waals surface area contributed by atoms with Crippen LogP contribution in [0.15, 0.2) is 72.8 Å². The molecule has 0 unspecified atom stereocenters. The summed E-state index contributed by atoms with van der Waals surface area (Å²) in [5.41, 5.74) is 4.56. The Kier molecular flexibility index (Phi) is 49.5. The first kappa shape index (κ1) is 96.3. The van der Waals surface area contributed by atoms with Gasteiger partial charge in [0, 0.05) is 72.2 Å². The lowest BCUT2D eigenvalue weighted by atomic mass is 10.1. The van der Waals surface area contributed by atoms with Crippen molar-refractivity contribution in [1.82, 2.24) is 39.9 Å². The van der Waals surface area contributed by atoms with Crippen LogP contribution in [0.25, 0.3) is 89.7 Å². The number of rotatable bonds is 76. The molecule has 0 saturated carbocycles. The van der Waals surface area contributed by atoms with E-state index in [1.807, 2.05) is 72.8 Å². The molecule has 4 aromatic carbocycles. The number of benzene rings is 4. The van der Waals surface area contributed by atoms with E-state index in [1.54, 1.807) is 28.4 Å². The molecule has 2 aliphatic heterocycles. The molecule has 2 N–H and O–H groups in total. The van der Waals surface area contributed by atoms with Crippen molar-refractivity contribution in [3.63, 3.8) is 0 Å². The summed E-state index contributed by atoms with van der Waals surface area (Å²) in [6.45, 7) is 20.7. The lowest BCUT2D eigenvalue weighted by Gasteiger charge is -2.09. The highest BCUT2D eigenvalue weighted by atomic mass is 16.6. The molecule has 0 radical (unpaired) electrons. The van der Waals surface area contributed by atoms with Crippen LogP contribution in [0, 0.1) is 0 Å². The number of aromatic amines is 2. The van der Waals surface area contributed by atoms with E-state index in [1.165, 1.54) is 0 Å². The summed E-state index contributed by atoms with van der Waals surface area (Å²) in [6, 6.07) is 22.9. The third kappa shape index (κ3) is 37.3. The van der Waals surface area contributed by atoms with E-state index < -0.39 is 0 Å². The number of hydrogen-bond donors (Lipinski definition) is 2. The Balaban J connectivity index is 0.900. The first-order chi connectivity index (χ1) is 59.5. The van der Waals surface area contributed by atoms with Gasteiger partial charge in [0.05, 0.1) is 291 Å². The van der Waals surface area contributed by atoms with Gasteiger partial charge in [-0.2, -0.15) is 0 Å². The van der Waals surface area contributed by atoms with Gasteiger partial charge in [-0.1, -0.05) is 0 Å². The topological polar surface area (TPSA) is 367 Å². The quantitative estimate of drug-likeness (QED) is 0.0353. The number of nitrogens with one attached hydrogen (secondary N) is 2. The van der Waals surface area contributed by atoms with Crippen molar-refractivity contribution in [2.24, 2.45) is 0 Å². The molecule has 36 heteroatoms. The molecule has 0 amide bonds. The predicted molar refractivity (Wildman–Crippen MR) is 442 cm³/mol. The monoisotopic (exact) mass is 1690 g/mol. The fourth-order valence-corrected chi connectivity index (χ4v) is 11.4. The molecular formula is C84H122N8O28. The summed E-state index contributed by atoms with van der Waals surface area (Å²) in [6.07, 6.45) is 0. The number of nitrogens with zero attached hydrogens (tertiary/aromatic N) is 6. The number of aromatic nitrogens is 8. The lowest BCUT2D eigenvalue weighted by molar-refractivity contribution is -0.0159. The van der Waals surface area contributed by atoms with E-state index in [9.17, 15) is 0 Å². The zero-order chi connectivity index (χ0) is 83.4. The maximum atomic E-state index is 6.34. The van der Waals surface area contributed by atoms with Crippen molar-refractivity contribution < 1.29 is 133 Å². The number of hydrogen-bond acceptors (Lipinski definition) is 34.